The lowest BCUT2D eigenvalue weighted by Crippen LogP contribution is -1.88. The highest BCUT2D eigenvalue weighted by Crippen LogP contribution is 2.26. The SMILES string of the molecule is C=Cc1cc(F)c(Cl)cc1OC. The number of hydrogen-bond donors (Lipinski definition) is 0. The van der Waals surface area contributed by atoms with Gasteiger partial charge in [-0.2, -0.15) is 0 Å². The lowest BCUT2D eigenvalue weighted by atomic mass is 10.2. The van der Waals surface area contributed by atoms with Crippen molar-refractivity contribution in [1.29, 1.82) is 0 Å². The fraction of sp³-hybridized carbons (Fsp3) is 0.111. The Morgan fingerprint density at radius 1 is 1.58 bits per heavy atom. The van der Waals surface area contributed by atoms with Crippen LogP contribution in [-0.4, -0.2) is 7.11 Å². The number of rotatable bonds is 2. The third kappa shape index (κ3) is 1.59. The van der Waals surface area contributed by atoms with Gasteiger partial charge in [0.1, 0.15) is 11.6 Å². The van der Waals surface area contributed by atoms with E-state index in [0.717, 1.165) is 0 Å². The van der Waals surface area contributed by atoms with Gasteiger partial charge in [-0.25, -0.2) is 4.39 Å². The maximum atomic E-state index is 12.8. The molecule has 0 amide bonds. The Morgan fingerprint density at radius 3 is 2.75 bits per heavy atom. The summed E-state index contributed by atoms with van der Waals surface area (Å²) in [6.07, 6.45) is 1.51. The molecule has 0 N–H and O–H groups in total. The first-order chi connectivity index (χ1) is 5.69. The molecule has 0 fully saturated rings. The molecule has 3 heteroatoms. The molecule has 1 nitrogen and oxygen atoms in total. The molecule has 0 radical (unpaired) electrons. The van der Waals surface area contributed by atoms with E-state index in [2.05, 4.69) is 6.58 Å². The molecule has 0 aliphatic carbocycles. The average Bonchev–Trinajstić information content (AvgIpc) is 2.09. The number of methoxy groups -OCH3 is 1. The highest BCUT2D eigenvalue weighted by molar-refractivity contribution is 6.30. The Labute approximate surface area is 75.4 Å². The lowest BCUT2D eigenvalue weighted by molar-refractivity contribution is 0.412. The molecule has 12 heavy (non-hydrogen) atoms. The van der Waals surface area contributed by atoms with Gasteiger partial charge in [-0.1, -0.05) is 24.3 Å². The van der Waals surface area contributed by atoms with Gasteiger partial charge >= 0.3 is 0 Å². The molecular weight excluding hydrogens is 179 g/mol. The fourth-order valence-electron chi connectivity index (χ4n) is 0.880. The van der Waals surface area contributed by atoms with E-state index in [-0.39, 0.29) is 5.02 Å². The van der Waals surface area contributed by atoms with Crippen LogP contribution >= 0.6 is 11.6 Å². The van der Waals surface area contributed by atoms with Gasteiger partial charge in [0.15, 0.2) is 0 Å². The van der Waals surface area contributed by atoms with E-state index in [9.17, 15) is 4.39 Å². The summed E-state index contributed by atoms with van der Waals surface area (Å²) in [6, 6.07) is 2.71. The van der Waals surface area contributed by atoms with E-state index < -0.39 is 5.82 Å². The molecule has 0 unspecified atom stereocenters. The van der Waals surface area contributed by atoms with Crippen molar-refractivity contribution in [2.45, 2.75) is 0 Å². The van der Waals surface area contributed by atoms with Crippen LogP contribution in [0.25, 0.3) is 6.08 Å². The van der Waals surface area contributed by atoms with Crippen molar-refractivity contribution in [2.75, 3.05) is 7.11 Å². The fourth-order valence-corrected chi connectivity index (χ4v) is 1.03. The summed E-state index contributed by atoms with van der Waals surface area (Å²) in [5, 5.41) is 0.0532. The van der Waals surface area contributed by atoms with Crippen LogP contribution in [0.4, 0.5) is 4.39 Å². The maximum Gasteiger partial charge on any atom is 0.142 e. The molecule has 0 aliphatic heterocycles. The molecule has 0 saturated carbocycles. The van der Waals surface area contributed by atoms with Crippen molar-refractivity contribution in [3.05, 3.63) is 35.1 Å². The molecular formula is C9H8ClFO. The van der Waals surface area contributed by atoms with Gasteiger partial charge in [0.2, 0.25) is 0 Å². The van der Waals surface area contributed by atoms with Crippen LogP contribution in [0.3, 0.4) is 0 Å². The largest absolute Gasteiger partial charge is 0.496 e. The molecule has 0 atom stereocenters. The van der Waals surface area contributed by atoms with Crippen molar-refractivity contribution < 1.29 is 9.13 Å². The summed E-state index contributed by atoms with van der Waals surface area (Å²) in [6.45, 7) is 3.52. The number of ether oxygens (including phenoxy) is 1. The monoisotopic (exact) mass is 186 g/mol. The molecule has 0 spiro atoms. The average molecular weight is 187 g/mol. The Bertz CT molecular complexity index is 310. The van der Waals surface area contributed by atoms with Crippen LogP contribution in [0.5, 0.6) is 5.75 Å². The van der Waals surface area contributed by atoms with Gasteiger partial charge in [-0.15, -0.1) is 0 Å². The zero-order valence-electron chi connectivity index (χ0n) is 6.60. The Hall–Kier alpha value is -1.02. The number of benzene rings is 1. The van der Waals surface area contributed by atoms with Gasteiger partial charge in [-0.05, 0) is 6.07 Å². The Morgan fingerprint density at radius 2 is 2.25 bits per heavy atom. The number of halogens is 2. The zero-order chi connectivity index (χ0) is 9.14. The minimum atomic E-state index is -0.465. The van der Waals surface area contributed by atoms with E-state index in [0.29, 0.717) is 11.3 Å². The van der Waals surface area contributed by atoms with Crippen LogP contribution in [0.1, 0.15) is 5.56 Å². The van der Waals surface area contributed by atoms with Gasteiger partial charge in [0.05, 0.1) is 12.1 Å². The second-order valence-electron chi connectivity index (χ2n) is 2.21. The van der Waals surface area contributed by atoms with Crippen LogP contribution < -0.4 is 4.74 Å². The Balaban J connectivity index is 3.28. The maximum absolute atomic E-state index is 12.8. The van der Waals surface area contributed by atoms with E-state index in [1.807, 2.05) is 0 Å². The van der Waals surface area contributed by atoms with Crippen molar-refractivity contribution in [3.8, 4) is 5.75 Å². The molecule has 0 bridgehead atoms. The van der Waals surface area contributed by atoms with Crippen LogP contribution in [-0.2, 0) is 0 Å². The van der Waals surface area contributed by atoms with Gasteiger partial charge < -0.3 is 4.74 Å². The minimum absolute atomic E-state index is 0.0532. The van der Waals surface area contributed by atoms with Crippen LogP contribution in [0.2, 0.25) is 5.02 Å². The predicted molar refractivity (Wildman–Crippen MR) is 48.1 cm³/mol. The first kappa shape index (κ1) is 9.07. The molecule has 0 saturated heterocycles. The summed E-state index contributed by atoms with van der Waals surface area (Å²) in [5.74, 6) is 0.0590. The van der Waals surface area contributed by atoms with Gasteiger partial charge in [0, 0.05) is 11.6 Å². The second kappa shape index (κ2) is 3.59. The number of hydrogen-bond acceptors (Lipinski definition) is 1. The van der Waals surface area contributed by atoms with Gasteiger partial charge in [-0.3, -0.25) is 0 Å². The molecule has 1 rings (SSSR count). The first-order valence-electron chi connectivity index (χ1n) is 3.34. The van der Waals surface area contributed by atoms with Crippen molar-refractivity contribution in [3.63, 3.8) is 0 Å². The van der Waals surface area contributed by atoms with Gasteiger partial charge in [0.25, 0.3) is 0 Å². The zero-order valence-corrected chi connectivity index (χ0v) is 7.36. The first-order valence-corrected chi connectivity index (χ1v) is 3.72. The van der Waals surface area contributed by atoms with E-state index >= 15 is 0 Å². The molecule has 0 aliphatic rings. The molecule has 1 aromatic rings. The highest BCUT2D eigenvalue weighted by atomic mass is 35.5. The topological polar surface area (TPSA) is 9.23 Å². The van der Waals surface area contributed by atoms with E-state index in [4.69, 9.17) is 16.3 Å². The standard InChI is InChI=1S/C9H8ClFO/c1-3-6-4-8(11)7(10)5-9(6)12-2/h3-5H,1H2,2H3. The summed E-state index contributed by atoms with van der Waals surface area (Å²) >= 11 is 5.53. The molecule has 1 aromatic carbocycles. The van der Waals surface area contributed by atoms with Crippen LogP contribution in [0.15, 0.2) is 18.7 Å². The van der Waals surface area contributed by atoms with Crippen molar-refractivity contribution >= 4 is 17.7 Å². The van der Waals surface area contributed by atoms with Crippen molar-refractivity contribution in [2.24, 2.45) is 0 Å². The van der Waals surface area contributed by atoms with Crippen molar-refractivity contribution in [1.82, 2.24) is 0 Å². The summed E-state index contributed by atoms with van der Waals surface area (Å²) in [5.41, 5.74) is 0.597. The lowest BCUT2D eigenvalue weighted by Gasteiger charge is -2.05. The molecule has 64 valence electrons. The summed E-state index contributed by atoms with van der Waals surface area (Å²) < 4.78 is 17.8. The quantitative estimate of drug-likeness (QED) is 0.690. The van der Waals surface area contributed by atoms with E-state index in [1.165, 1.54) is 25.3 Å². The van der Waals surface area contributed by atoms with Crippen LogP contribution in [0, 0.1) is 5.82 Å². The third-order valence-corrected chi connectivity index (χ3v) is 1.78. The Kier molecular flexibility index (Phi) is 2.71. The smallest absolute Gasteiger partial charge is 0.142 e. The third-order valence-electron chi connectivity index (χ3n) is 1.49. The minimum Gasteiger partial charge on any atom is -0.496 e. The molecule has 0 aromatic heterocycles. The normalized spacial score (nSPS) is 9.58. The summed E-state index contributed by atoms with van der Waals surface area (Å²) in [7, 11) is 1.50. The predicted octanol–water partition coefficient (Wildman–Crippen LogP) is 3.13. The molecule has 0 heterocycles. The summed E-state index contributed by atoms with van der Waals surface area (Å²) in [4.78, 5) is 0. The van der Waals surface area contributed by atoms with E-state index in [1.54, 1.807) is 0 Å². The second-order valence-corrected chi connectivity index (χ2v) is 2.62. The highest BCUT2D eigenvalue weighted by Gasteiger charge is 2.05.